The molecule has 2 aromatic heterocycles. The molecule has 3 heterocycles. The Morgan fingerprint density at radius 1 is 1.07 bits per heavy atom. The number of fused-ring (bicyclic) bond motifs is 1. The molecule has 2 atom stereocenters. The first kappa shape index (κ1) is 30.0. The van der Waals surface area contributed by atoms with Crippen molar-refractivity contribution in [3.63, 3.8) is 0 Å². The molecule has 3 aromatic rings. The summed E-state index contributed by atoms with van der Waals surface area (Å²) in [6, 6.07) is 2.53. The van der Waals surface area contributed by atoms with Gasteiger partial charge in [-0.25, -0.2) is 18.4 Å². The Balaban J connectivity index is 1.62. The molecular weight excluding hydrogens is 582 g/mol. The van der Waals surface area contributed by atoms with Crippen LogP contribution in [0.3, 0.4) is 0 Å². The SMILES string of the molecule is Cc1nc2c([C@H](C)C(F)(F)F)c(Nc3ccc([C@H](N(C)C(=O)C4CCS(=O)(=O)CC4)C(F)(F)F)cc3)cnc2s1. The topological polar surface area (TPSA) is 92.3 Å². The number of hydrogen-bond donors (Lipinski definition) is 1. The van der Waals surface area contributed by atoms with Crippen LogP contribution in [0.2, 0.25) is 0 Å². The van der Waals surface area contributed by atoms with Crippen LogP contribution in [-0.2, 0) is 14.6 Å². The normalized spacial score (nSPS) is 17.9. The smallest absolute Gasteiger partial charge is 0.354 e. The fourth-order valence-corrected chi connectivity index (χ4v) is 7.06. The Morgan fingerprint density at radius 2 is 1.68 bits per heavy atom. The summed E-state index contributed by atoms with van der Waals surface area (Å²) < 4.78 is 107. The van der Waals surface area contributed by atoms with Gasteiger partial charge >= 0.3 is 12.4 Å². The Labute approximate surface area is 230 Å². The van der Waals surface area contributed by atoms with E-state index in [0.29, 0.717) is 14.7 Å². The number of nitrogens with zero attached hydrogens (tertiary/aromatic N) is 3. The third kappa shape index (κ3) is 6.35. The number of hydrogen-bond acceptors (Lipinski definition) is 7. The number of amides is 1. The van der Waals surface area contributed by atoms with Gasteiger partial charge in [0.1, 0.15) is 20.2 Å². The minimum Gasteiger partial charge on any atom is -0.354 e. The molecule has 1 aliphatic rings. The monoisotopic (exact) mass is 608 g/mol. The van der Waals surface area contributed by atoms with Gasteiger partial charge in [0.05, 0.1) is 34.3 Å². The highest BCUT2D eigenvalue weighted by atomic mass is 32.2. The van der Waals surface area contributed by atoms with E-state index in [1.54, 1.807) is 6.92 Å². The maximum atomic E-state index is 14.1. The molecule has 1 fully saturated rings. The molecule has 1 saturated heterocycles. The van der Waals surface area contributed by atoms with E-state index in [4.69, 9.17) is 0 Å². The van der Waals surface area contributed by atoms with E-state index in [9.17, 15) is 39.6 Å². The molecule has 0 bridgehead atoms. The molecule has 40 heavy (non-hydrogen) atoms. The van der Waals surface area contributed by atoms with Gasteiger partial charge in [-0.2, -0.15) is 26.3 Å². The first-order valence-electron chi connectivity index (χ1n) is 12.2. The van der Waals surface area contributed by atoms with Gasteiger partial charge in [-0.1, -0.05) is 23.5 Å². The lowest BCUT2D eigenvalue weighted by Gasteiger charge is -2.34. The van der Waals surface area contributed by atoms with Crippen LogP contribution < -0.4 is 5.32 Å². The molecule has 4 rings (SSSR count). The molecule has 218 valence electrons. The first-order valence-corrected chi connectivity index (χ1v) is 14.9. The lowest BCUT2D eigenvalue weighted by Crippen LogP contribution is -2.44. The molecule has 0 saturated carbocycles. The summed E-state index contributed by atoms with van der Waals surface area (Å²) in [5.41, 5.74) is -0.0623. The van der Waals surface area contributed by atoms with Gasteiger partial charge < -0.3 is 10.2 Å². The van der Waals surface area contributed by atoms with Crippen molar-refractivity contribution in [3.05, 3.63) is 46.6 Å². The van der Waals surface area contributed by atoms with Gasteiger partial charge in [-0.05, 0) is 44.4 Å². The lowest BCUT2D eigenvalue weighted by molar-refractivity contribution is -0.190. The Bertz CT molecular complexity index is 1490. The van der Waals surface area contributed by atoms with Crippen molar-refractivity contribution < 1.29 is 39.6 Å². The summed E-state index contributed by atoms with van der Waals surface area (Å²) in [5.74, 6) is -4.06. The van der Waals surface area contributed by atoms with E-state index >= 15 is 0 Å². The number of carbonyl (C=O) groups is 1. The van der Waals surface area contributed by atoms with Gasteiger partial charge in [0, 0.05) is 24.2 Å². The van der Waals surface area contributed by atoms with Crippen molar-refractivity contribution >= 4 is 48.8 Å². The Morgan fingerprint density at radius 3 is 2.23 bits per heavy atom. The van der Waals surface area contributed by atoms with Crippen molar-refractivity contribution in [2.75, 3.05) is 23.9 Å². The number of halogens is 6. The zero-order valence-electron chi connectivity index (χ0n) is 21.6. The van der Waals surface area contributed by atoms with Crippen LogP contribution >= 0.6 is 11.3 Å². The Kier molecular flexibility index (Phi) is 8.11. The van der Waals surface area contributed by atoms with Gasteiger partial charge in [0.15, 0.2) is 6.04 Å². The van der Waals surface area contributed by atoms with Crippen LogP contribution in [0.5, 0.6) is 0 Å². The minimum atomic E-state index is -4.84. The van der Waals surface area contributed by atoms with E-state index in [1.807, 2.05) is 0 Å². The van der Waals surface area contributed by atoms with Crippen molar-refractivity contribution in [1.29, 1.82) is 0 Å². The number of benzene rings is 1. The lowest BCUT2D eigenvalue weighted by atomic mass is 9.97. The fourth-order valence-electron chi connectivity index (χ4n) is 4.79. The predicted octanol–water partition coefficient (Wildman–Crippen LogP) is 6.30. The number of rotatable bonds is 6. The predicted molar refractivity (Wildman–Crippen MR) is 139 cm³/mol. The quantitative estimate of drug-likeness (QED) is 0.331. The molecule has 1 amide bonds. The second kappa shape index (κ2) is 10.8. The van der Waals surface area contributed by atoms with Crippen molar-refractivity contribution in [3.8, 4) is 0 Å². The number of pyridine rings is 1. The van der Waals surface area contributed by atoms with E-state index < -0.39 is 46.0 Å². The molecule has 1 aromatic carbocycles. The summed E-state index contributed by atoms with van der Waals surface area (Å²) >= 11 is 1.15. The molecule has 0 unspecified atom stereocenters. The van der Waals surface area contributed by atoms with E-state index in [0.717, 1.165) is 37.4 Å². The second-order valence-electron chi connectivity index (χ2n) is 9.80. The number of aryl methyl sites for hydroxylation is 1. The first-order chi connectivity index (χ1) is 18.5. The standard InChI is InChI=1S/C25H26F6N4O3S2/c1-13(24(26,27)28)19-18(12-32-22-20(19)33-14(2)39-22)34-17-6-4-15(5-7-17)21(25(29,30)31)35(3)23(36)16-8-10-40(37,38)11-9-16/h4-7,12-13,16,21,34H,8-11H2,1-3H3/t13-,21-/m0/s1. The molecule has 0 aliphatic carbocycles. The number of sulfone groups is 1. The van der Waals surface area contributed by atoms with Crippen LogP contribution in [0.15, 0.2) is 30.5 Å². The average molecular weight is 609 g/mol. The van der Waals surface area contributed by atoms with Crippen LogP contribution in [0.4, 0.5) is 37.7 Å². The second-order valence-corrected chi connectivity index (χ2v) is 13.3. The van der Waals surface area contributed by atoms with Crippen LogP contribution in [0.1, 0.15) is 47.9 Å². The number of carbonyl (C=O) groups excluding carboxylic acids is 1. The highest BCUT2D eigenvalue weighted by Crippen LogP contribution is 2.43. The summed E-state index contributed by atoms with van der Waals surface area (Å²) in [5, 5.41) is 3.36. The summed E-state index contributed by atoms with van der Waals surface area (Å²) in [4.78, 5) is 22.2. The van der Waals surface area contributed by atoms with Crippen LogP contribution in [0.25, 0.3) is 10.3 Å². The van der Waals surface area contributed by atoms with E-state index in [2.05, 4.69) is 15.3 Å². The zero-order valence-corrected chi connectivity index (χ0v) is 23.2. The molecule has 7 nitrogen and oxygen atoms in total. The summed E-state index contributed by atoms with van der Waals surface area (Å²) in [6.45, 7) is 2.65. The number of anilines is 2. The summed E-state index contributed by atoms with van der Waals surface area (Å²) in [7, 11) is -2.28. The van der Waals surface area contributed by atoms with Crippen molar-refractivity contribution in [1.82, 2.24) is 14.9 Å². The number of aromatic nitrogens is 2. The van der Waals surface area contributed by atoms with Gasteiger partial charge in [-0.15, -0.1) is 0 Å². The van der Waals surface area contributed by atoms with E-state index in [1.165, 1.54) is 18.3 Å². The minimum absolute atomic E-state index is 0.0160. The molecule has 1 aliphatic heterocycles. The molecule has 0 radical (unpaired) electrons. The van der Waals surface area contributed by atoms with Gasteiger partial charge in [0.2, 0.25) is 5.91 Å². The maximum absolute atomic E-state index is 14.1. The van der Waals surface area contributed by atoms with E-state index in [-0.39, 0.29) is 52.4 Å². The van der Waals surface area contributed by atoms with Crippen molar-refractivity contribution in [2.45, 2.75) is 51.0 Å². The highest BCUT2D eigenvalue weighted by Gasteiger charge is 2.46. The van der Waals surface area contributed by atoms with Crippen LogP contribution in [0, 0.1) is 12.8 Å². The number of alkyl halides is 6. The maximum Gasteiger partial charge on any atom is 0.413 e. The largest absolute Gasteiger partial charge is 0.413 e. The molecule has 1 N–H and O–H groups in total. The number of nitrogens with one attached hydrogen (secondary N) is 1. The molecule has 0 spiro atoms. The summed E-state index contributed by atoms with van der Waals surface area (Å²) in [6.07, 6.45) is -8.28. The molecule has 15 heteroatoms. The van der Waals surface area contributed by atoms with Crippen molar-refractivity contribution in [2.24, 2.45) is 5.92 Å². The number of thiazole rings is 1. The average Bonchev–Trinajstić information content (AvgIpc) is 3.23. The van der Waals surface area contributed by atoms with Crippen LogP contribution in [-0.4, -0.2) is 60.1 Å². The third-order valence-electron chi connectivity index (χ3n) is 6.95. The third-order valence-corrected chi connectivity index (χ3v) is 9.54. The van der Waals surface area contributed by atoms with Gasteiger partial charge in [-0.3, -0.25) is 4.79 Å². The molecular formula is C25H26F6N4O3S2. The fraction of sp³-hybridized carbons (Fsp3) is 0.480. The Hall–Kier alpha value is -2.94. The zero-order chi connectivity index (χ0) is 29.6. The highest BCUT2D eigenvalue weighted by molar-refractivity contribution is 7.91. The van der Waals surface area contributed by atoms with Gasteiger partial charge in [0.25, 0.3) is 0 Å².